The highest BCUT2D eigenvalue weighted by Gasteiger charge is 2.27. The molecule has 11 N–H and O–H groups in total. The molecular weight excluding hydrogens is 1820 g/mol. The maximum absolute atomic E-state index is 12.7. The Morgan fingerprint density at radius 2 is 0.685 bits per heavy atom. The maximum Gasteiger partial charge on any atom is 0.324 e. The van der Waals surface area contributed by atoms with Gasteiger partial charge in [0.1, 0.15) is 58.3 Å². The fourth-order valence-electron chi connectivity index (χ4n) is 13.5. The Hall–Kier alpha value is -17.6. The molecular formula is C109H115N19O15. The van der Waals surface area contributed by atoms with Crippen LogP contribution in [-0.2, 0) is 28.3 Å². The average molecular weight is 1930 g/mol. The van der Waals surface area contributed by atoms with Gasteiger partial charge in [-0.2, -0.15) is 0 Å². The number of carbonyl (C=O) groups is 8. The number of anilines is 13. The SMILES string of the molecule is CC(=O)c1cc(Oc2ccc(NC(=O)c3ccc(NC(=O)Nc4cc(C(C)(C)C)on4)cc3)cc2)ccn1.CC(C)(C)c1cc(NC(=O)Nc2ccc(C(=O)Nc3ccc(OCC4CCC4)cc3)cc2)no1.CC(C)(C)c1cc(NC(=O)Nc2ccc(OCc3ccc(-c4ccccc4)cc3)cc2)no1.Cc1cc(C)nc(N(C)c2ccc(C(=O)Nc3ccc(NC(=O)Nc4cc(C(C)(C)C)on4)cc3)cc2)n1. The van der Waals surface area contributed by atoms with Crippen molar-refractivity contribution in [1.29, 1.82) is 0 Å². The second-order valence-corrected chi connectivity index (χ2v) is 37.8. The first-order valence-corrected chi connectivity index (χ1v) is 46.1. The molecule has 9 aromatic carbocycles. The zero-order chi connectivity index (χ0) is 102. The third kappa shape index (κ3) is 31.2. The zero-order valence-corrected chi connectivity index (χ0v) is 82.3. The Kier molecular flexibility index (Phi) is 33.6. The topological polar surface area (TPSA) is 443 Å². The molecule has 0 atom stereocenters. The van der Waals surface area contributed by atoms with E-state index in [4.69, 9.17) is 32.3 Å². The number of ketones is 1. The van der Waals surface area contributed by atoms with E-state index in [0.717, 1.165) is 40.7 Å². The molecule has 1 aliphatic carbocycles. The molecule has 0 aliphatic heterocycles. The van der Waals surface area contributed by atoms with Crippen molar-refractivity contribution in [1.82, 2.24) is 35.6 Å². The molecule has 736 valence electrons. The molecule has 11 amide bonds. The maximum atomic E-state index is 12.7. The largest absolute Gasteiger partial charge is 0.493 e. The molecule has 1 aliphatic rings. The molecule has 6 heterocycles. The Morgan fingerprint density at radius 1 is 0.357 bits per heavy atom. The lowest BCUT2D eigenvalue weighted by Gasteiger charge is -2.25. The number of amides is 11. The number of Topliss-reactive ketones (excluding diaryl/α,β-unsaturated/α-hetero) is 1. The van der Waals surface area contributed by atoms with Crippen LogP contribution in [0.4, 0.5) is 93.9 Å². The van der Waals surface area contributed by atoms with E-state index in [2.05, 4.69) is 130 Å². The lowest BCUT2D eigenvalue weighted by molar-refractivity contribution is 0.100. The van der Waals surface area contributed by atoms with Gasteiger partial charge in [0, 0.05) is 146 Å². The highest BCUT2D eigenvalue weighted by atomic mass is 16.5. The summed E-state index contributed by atoms with van der Waals surface area (Å²) < 4.78 is 38.5. The van der Waals surface area contributed by atoms with E-state index in [0.29, 0.717) is 138 Å². The van der Waals surface area contributed by atoms with Crippen molar-refractivity contribution in [2.75, 3.05) is 77.0 Å². The molecule has 0 spiro atoms. The van der Waals surface area contributed by atoms with Crippen molar-refractivity contribution in [3.05, 3.63) is 335 Å². The Balaban J connectivity index is 0.000000160. The molecule has 0 saturated heterocycles. The van der Waals surface area contributed by atoms with Gasteiger partial charge in [-0.05, 0) is 231 Å². The summed E-state index contributed by atoms with van der Waals surface area (Å²) in [6.07, 6.45) is 5.29. The third-order valence-electron chi connectivity index (χ3n) is 21.8. The van der Waals surface area contributed by atoms with E-state index < -0.39 is 24.1 Å². The molecule has 16 rings (SSSR count). The minimum Gasteiger partial charge on any atom is -0.493 e. The van der Waals surface area contributed by atoms with Crippen molar-refractivity contribution in [3.8, 4) is 34.1 Å². The van der Waals surface area contributed by atoms with Crippen LogP contribution < -0.4 is 77.6 Å². The standard InChI is InChI=1S/C28H31N7O3.C28H27N5O5.C27H27N3O3.C26H30N4O4/c1-17-15-18(2)30-26(29-17)35(6)22-13-7-19(8-14-22)25(36)31-20-9-11-21(12-10-20)32-27(37)33-24-16-23(38-34-24)28(3,4)5;1-17(34)23-15-22(13-14-29-23)37-21-11-9-19(10-12-21)30-26(35)18-5-7-20(8-6-18)31-27(36)32-25-16-24(38-33-25)28(2,3)4;1-27(2,3)24-17-25(30-33-24)29-26(31)28-22-13-15-23(16-14-22)32-18-19-9-11-21(12-10-19)20-7-5-4-6-8-20;1-26(2,3)22-15-23(30-34-22)29-25(32)28-20-9-7-18(8-10-20)24(31)27-19-11-13-21(14-12-19)33-16-17-5-4-6-17/h7-16H,1-6H3,(H,31,36)(H2,32,33,34,37);5-16H,1-4H3,(H,30,35)(H2,31,32,33,36);4-17H,18H2,1-3H3,(H2,28,29,30,31);7-15,17H,4-6,16H2,1-3H3,(H,27,31)(H2,28,29,30,32). The number of aromatic nitrogens is 7. The second-order valence-electron chi connectivity index (χ2n) is 37.8. The first-order valence-electron chi connectivity index (χ1n) is 46.1. The quantitative estimate of drug-likeness (QED) is 0.0224. The molecule has 0 radical (unpaired) electrons. The number of nitrogens with one attached hydrogen (secondary N) is 11. The number of rotatable bonds is 26. The smallest absolute Gasteiger partial charge is 0.324 e. The lowest BCUT2D eigenvalue weighted by Crippen LogP contribution is -2.20. The fraction of sp³-hybridized carbons (Fsp3) is 0.239. The number of benzene rings is 9. The van der Waals surface area contributed by atoms with E-state index in [9.17, 15) is 38.4 Å². The van der Waals surface area contributed by atoms with Crippen LogP contribution in [0.25, 0.3) is 11.1 Å². The van der Waals surface area contributed by atoms with E-state index in [1.807, 2.05) is 182 Å². The van der Waals surface area contributed by atoms with Crippen molar-refractivity contribution < 1.29 is 70.7 Å². The van der Waals surface area contributed by atoms with Crippen LogP contribution in [0.2, 0.25) is 0 Å². The van der Waals surface area contributed by atoms with E-state index in [1.54, 1.807) is 158 Å². The van der Waals surface area contributed by atoms with Crippen LogP contribution >= 0.6 is 0 Å². The molecule has 34 nitrogen and oxygen atoms in total. The molecule has 6 aromatic heterocycles. The summed E-state index contributed by atoms with van der Waals surface area (Å²) in [6, 6.07) is 77.2. The molecule has 0 unspecified atom stereocenters. The van der Waals surface area contributed by atoms with Crippen LogP contribution in [-0.4, -0.2) is 96.9 Å². The van der Waals surface area contributed by atoms with Crippen LogP contribution in [0.15, 0.2) is 291 Å². The number of nitrogens with zero attached hydrogens (tertiary/aromatic N) is 8. The van der Waals surface area contributed by atoms with Crippen LogP contribution in [0.1, 0.15) is 191 Å². The predicted molar refractivity (Wildman–Crippen MR) is 553 cm³/mol. The van der Waals surface area contributed by atoms with Crippen molar-refractivity contribution in [2.45, 2.75) is 151 Å². The molecule has 1 fully saturated rings. The molecule has 1 saturated carbocycles. The number of ether oxygens (including phenoxy) is 3. The Bertz CT molecular complexity index is 6840. The van der Waals surface area contributed by atoms with Gasteiger partial charge in [-0.25, -0.2) is 29.1 Å². The fourth-order valence-corrected chi connectivity index (χ4v) is 13.5. The minimum atomic E-state index is -0.484. The first-order chi connectivity index (χ1) is 68.2. The normalized spacial score (nSPS) is 11.7. The summed E-state index contributed by atoms with van der Waals surface area (Å²) >= 11 is 0. The number of carbonyl (C=O) groups excluding carboxylic acids is 8. The highest BCUT2D eigenvalue weighted by molar-refractivity contribution is 6.08. The van der Waals surface area contributed by atoms with Gasteiger partial charge in [-0.1, -0.05) is 165 Å². The van der Waals surface area contributed by atoms with Crippen molar-refractivity contribution in [2.24, 2.45) is 5.92 Å². The molecule has 143 heavy (non-hydrogen) atoms. The van der Waals surface area contributed by atoms with Gasteiger partial charge in [0.2, 0.25) is 5.95 Å². The lowest BCUT2D eigenvalue weighted by atomic mass is 9.86. The number of pyridine rings is 1. The summed E-state index contributed by atoms with van der Waals surface area (Å²) in [4.78, 5) is 113. The molecule has 0 bridgehead atoms. The number of hydrogen-bond acceptors (Lipinski definition) is 23. The van der Waals surface area contributed by atoms with Crippen LogP contribution in [0, 0.1) is 19.8 Å². The number of urea groups is 4. The molecule has 15 aromatic rings. The number of hydrogen-bond donors (Lipinski definition) is 11. The van der Waals surface area contributed by atoms with Crippen molar-refractivity contribution >= 4 is 122 Å². The van der Waals surface area contributed by atoms with Gasteiger partial charge in [-0.15, -0.1) is 0 Å². The van der Waals surface area contributed by atoms with Gasteiger partial charge >= 0.3 is 24.1 Å². The average Bonchev–Trinajstić information content (AvgIpc) is 1.77. The second kappa shape index (κ2) is 46.7. The monoisotopic (exact) mass is 1930 g/mol. The van der Waals surface area contributed by atoms with Crippen LogP contribution in [0.5, 0.6) is 23.0 Å². The summed E-state index contributed by atoms with van der Waals surface area (Å²) in [5.74, 6) is 6.91. The van der Waals surface area contributed by atoms with E-state index >= 15 is 0 Å². The number of aryl methyl sites for hydroxylation is 2. The Morgan fingerprint density at radius 3 is 1.03 bits per heavy atom. The minimum absolute atomic E-state index is 0.151. The van der Waals surface area contributed by atoms with Gasteiger partial charge in [0.25, 0.3) is 17.7 Å². The predicted octanol–water partition coefficient (Wildman–Crippen LogP) is 25.2. The van der Waals surface area contributed by atoms with Gasteiger partial charge < -0.3 is 74.4 Å². The molecule has 34 heteroatoms. The summed E-state index contributed by atoms with van der Waals surface area (Å²) in [7, 11) is 1.88. The zero-order valence-electron chi connectivity index (χ0n) is 82.3. The van der Waals surface area contributed by atoms with Gasteiger partial charge in [-0.3, -0.25) is 45.4 Å². The summed E-state index contributed by atoms with van der Waals surface area (Å²) in [5, 5.41) is 45.5. The summed E-state index contributed by atoms with van der Waals surface area (Å²) in [5.41, 5.74) is 11.1. The van der Waals surface area contributed by atoms with E-state index in [1.165, 1.54) is 43.5 Å². The van der Waals surface area contributed by atoms with Crippen LogP contribution in [0.3, 0.4) is 0 Å². The highest BCUT2D eigenvalue weighted by Crippen LogP contribution is 2.34. The first kappa shape index (κ1) is 103. The summed E-state index contributed by atoms with van der Waals surface area (Å²) in [6.45, 7) is 30.5. The van der Waals surface area contributed by atoms with E-state index in [-0.39, 0.29) is 45.2 Å². The van der Waals surface area contributed by atoms with Gasteiger partial charge in [0.15, 0.2) is 29.1 Å². The Labute approximate surface area is 828 Å². The third-order valence-corrected chi connectivity index (χ3v) is 21.8. The van der Waals surface area contributed by atoms with Crippen molar-refractivity contribution in [3.63, 3.8) is 0 Å². The van der Waals surface area contributed by atoms with Gasteiger partial charge in [0.05, 0.1) is 6.61 Å².